The van der Waals surface area contributed by atoms with E-state index in [1.165, 1.54) is 0 Å². The summed E-state index contributed by atoms with van der Waals surface area (Å²) in [5.41, 5.74) is 8.32. The van der Waals surface area contributed by atoms with Gasteiger partial charge in [-0.15, -0.1) is 0 Å². The molecule has 0 atom stereocenters. The molecule has 3 aromatic rings. The first-order valence-corrected chi connectivity index (χ1v) is 4.74. The van der Waals surface area contributed by atoms with Gasteiger partial charge < -0.3 is 5.73 Å². The van der Waals surface area contributed by atoms with Crippen molar-refractivity contribution in [2.75, 3.05) is 5.73 Å². The van der Waals surface area contributed by atoms with Gasteiger partial charge in [0.15, 0.2) is 0 Å². The van der Waals surface area contributed by atoms with Crippen LogP contribution in [0.5, 0.6) is 0 Å². The van der Waals surface area contributed by atoms with Crippen molar-refractivity contribution in [3.63, 3.8) is 0 Å². The van der Waals surface area contributed by atoms with Gasteiger partial charge in [-0.2, -0.15) is 0 Å². The van der Waals surface area contributed by atoms with Crippen LogP contribution in [0.15, 0.2) is 42.7 Å². The summed E-state index contributed by atoms with van der Waals surface area (Å²) in [4.78, 5) is 8.58. The van der Waals surface area contributed by atoms with E-state index in [-0.39, 0.29) is 0 Å². The van der Waals surface area contributed by atoms with Gasteiger partial charge in [0.05, 0.1) is 22.9 Å². The van der Waals surface area contributed by atoms with Crippen LogP contribution in [0.2, 0.25) is 0 Å². The number of pyridine rings is 2. The van der Waals surface area contributed by atoms with Gasteiger partial charge in [-0.05, 0) is 12.1 Å². The Balaban J connectivity index is 2.60. The van der Waals surface area contributed by atoms with E-state index in [2.05, 4.69) is 9.97 Å². The Hall–Kier alpha value is -2.16. The van der Waals surface area contributed by atoms with Crippen molar-refractivity contribution < 1.29 is 0 Å². The molecule has 0 bridgehead atoms. The number of benzene rings is 1. The van der Waals surface area contributed by atoms with Gasteiger partial charge in [0.1, 0.15) is 0 Å². The van der Waals surface area contributed by atoms with Gasteiger partial charge in [-0.1, -0.05) is 18.2 Å². The largest absolute Gasteiger partial charge is 0.397 e. The van der Waals surface area contributed by atoms with Crippen molar-refractivity contribution in [3.8, 4) is 0 Å². The number of anilines is 1. The molecule has 2 N–H and O–H groups in total. The van der Waals surface area contributed by atoms with Gasteiger partial charge >= 0.3 is 0 Å². The zero-order valence-corrected chi connectivity index (χ0v) is 8.01. The lowest BCUT2D eigenvalue weighted by Gasteiger charge is -2.03. The predicted octanol–water partition coefficient (Wildman–Crippen LogP) is 2.37. The van der Waals surface area contributed by atoms with Crippen LogP contribution in [0.4, 0.5) is 5.69 Å². The summed E-state index contributed by atoms with van der Waals surface area (Å²) in [5, 5.41) is 2.15. The first kappa shape index (κ1) is 8.17. The highest BCUT2D eigenvalue weighted by atomic mass is 14.7. The second-order valence-electron chi connectivity index (χ2n) is 3.44. The van der Waals surface area contributed by atoms with Crippen LogP contribution >= 0.6 is 0 Å². The van der Waals surface area contributed by atoms with Crippen LogP contribution < -0.4 is 5.73 Å². The molecule has 0 unspecified atom stereocenters. The number of nitrogen functional groups attached to an aromatic ring is 1. The molecule has 2 heterocycles. The van der Waals surface area contributed by atoms with Crippen LogP contribution in [0.1, 0.15) is 0 Å². The van der Waals surface area contributed by atoms with Crippen molar-refractivity contribution in [1.29, 1.82) is 0 Å². The molecule has 0 fully saturated rings. The highest BCUT2D eigenvalue weighted by molar-refractivity contribution is 6.07. The molecule has 0 radical (unpaired) electrons. The third-order valence-corrected chi connectivity index (χ3v) is 2.51. The Morgan fingerprint density at radius 2 is 1.80 bits per heavy atom. The number of rotatable bonds is 0. The lowest BCUT2D eigenvalue weighted by Crippen LogP contribution is -1.90. The number of fused-ring (bicyclic) bond motifs is 3. The van der Waals surface area contributed by atoms with E-state index < -0.39 is 0 Å². The minimum atomic E-state index is 0.707. The van der Waals surface area contributed by atoms with Crippen molar-refractivity contribution in [2.45, 2.75) is 0 Å². The Morgan fingerprint density at radius 1 is 0.933 bits per heavy atom. The van der Waals surface area contributed by atoms with Gasteiger partial charge in [-0.25, -0.2) is 0 Å². The molecule has 0 saturated carbocycles. The maximum absolute atomic E-state index is 5.86. The minimum absolute atomic E-state index is 0.707. The molecule has 0 aliphatic carbocycles. The third-order valence-electron chi connectivity index (χ3n) is 2.51. The van der Waals surface area contributed by atoms with Crippen molar-refractivity contribution >= 4 is 27.5 Å². The number of hydrogen-bond donors (Lipinski definition) is 1. The fraction of sp³-hybridized carbons (Fsp3) is 0. The summed E-state index contributed by atoms with van der Waals surface area (Å²) < 4.78 is 0. The Kier molecular flexibility index (Phi) is 1.59. The second-order valence-corrected chi connectivity index (χ2v) is 3.44. The summed E-state index contributed by atoms with van der Waals surface area (Å²) in [7, 11) is 0. The Labute approximate surface area is 86.6 Å². The molecular formula is C12H9N3. The molecular weight excluding hydrogens is 186 g/mol. The van der Waals surface area contributed by atoms with Crippen LogP contribution in [0, 0.1) is 0 Å². The highest BCUT2D eigenvalue weighted by Crippen LogP contribution is 2.25. The third kappa shape index (κ3) is 1.13. The molecule has 3 nitrogen and oxygen atoms in total. The fourth-order valence-corrected chi connectivity index (χ4v) is 1.80. The topological polar surface area (TPSA) is 51.8 Å². The van der Waals surface area contributed by atoms with Gasteiger partial charge in [-0.3, -0.25) is 9.97 Å². The molecule has 15 heavy (non-hydrogen) atoms. The first-order valence-electron chi connectivity index (χ1n) is 4.74. The van der Waals surface area contributed by atoms with E-state index in [1.807, 2.05) is 30.3 Å². The lowest BCUT2D eigenvalue weighted by atomic mass is 10.1. The number of para-hydroxylation sites is 1. The van der Waals surface area contributed by atoms with E-state index >= 15 is 0 Å². The minimum Gasteiger partial charge on any atom is -0.397 e. The standard InChI is InChI=1S/C12H9N3/c13-10-5-1-3-9-8-4-2-6-14-11(8)7-15-12(9)10/h1-7H,13H2. The Morgan fingerprint density at radius 3 is 2.73 bits per heavy atom. The molecule has 0 aliphatic heterocycles. The van der Waals surface area contributed by atoms with Gasteiger partial charge in [0.2, 0.25) is 0 Å². The van der Waals surface area contributed by atoms with E-state index in [9.17, 15) is 0 Å². The molecule has 0 amide bonds. The Bertz CT molecular complexity index is 646. The predicted molar refractivity (Wildman–Crippen MR) is 61.5 cm³/mol. The maximum Gasteiger partial charge on any atom is 0.0938 e. The quantitative estimate of drug-likeness (QED) is 0.442. The molecule has 0 aliphatic rings. The zero-order valence-electron chi connectivity index (χ0n) is 8.01. The summed E-state index contributed by atoms with van der Waals surface area (Å²) in [6, 6.07) is 9.77. The van der Waals surface area contributed by atoms with Crippen LogP contribution in [0.3, 0.4) is 0 Å². The molecule has 3 rings (SSSR count). The first-order chi connectivity index (χ1) is 7.36. The highest BCUT2D eigenvalue weighted by Gasteiger charge is 2.03. The SMILES string of the molecule is Nc1cccc2c1ncc1ncccc12. The molecule has 0 saturated heterocycles. The number of nitrogens with zero attached hydrogens (tertiary/aromatic N) is 2. The van der Waals surface area contributed by atoms with E-state index in [1.54, 1.807) is 12.4 Å². The summed E-state index contributed by atoms with van der Waals surface area (Å²) >= 11 is 0. The number of hydrogen-bond acceptors (Lipinski definition) is 3. The van der Waals surface area contributed by atoms with Crippen molar-refractivity contribution in [3.05, 3.63) is 42.7 Å². The monoisotopic (exact) mass is 195 g/mol. The second kappa shape index (κ2) is 2.92. The number of nitrogens with two attached hydrogens (primary N) is 1. The van der Waals surface area contributed by atoms with E-state index in [0.717, 1.165) is 21.8 Å². The average Bonchev–Trinajstić information content (AvgIpc) is 2.29. The van der Waals surface area contributed by atoms with E-state index in [0.29, 0.717) is 5.69 Å². The molecule has 2 aromatic heterocycles. The maximum atomic E-state index is 5.86. The van der Waals surface area contributed by atoms with Crippen molar-refractivity contribution in [1.82, 2.24) is 9.97 Å². The average molecular weight is 195 g/mol. The summed E-state index contributed by atoms with van der Waals surface area (Å²) in [6.45, 7) is 0. The van der Waals surface area contributed by atoms with Crippen molar-refractivity contribution in [2.24, 2.45) is 0 Å². The fourth-order valence-electron chi connectivity index (χ4n) is 1.80. The van der Waals surface area contributed by atoms with Crippen LogP contribution in [-0.4, -0.2) is 9.97 Å². The lowest BCUT2D eigenvalue weighted by molar-refractivity contribution is 1.36. The van der Waals surface area contributed by atoms with Gasteiger partial charge in [0, 0.05) is 17.0 Å². The van der Waals surface area contributed by atoms with E-state index in [4.69, 9.17) is 5.73 Å². The van der Waals surface area contributed by atoms with Crippen LogP contribution in [0.25, 0.3) is 21.8 Å². The smallest absolute Gasteiger partial charge is 0.0938 e. The zero-order chi connectivity index (χ0) is 10.3. The molecule has 1 aromatic carbocycles. The molecule has 3 heteroatoms. The molecule has 72 valence electrons. The summed E-state index contributed by atoms with van der Waals surface area (Å²) in [5.74, 6) is 0. The molecule has 0 spiro atoms. The normalized spacial score (nSPS) is 10.9. The van der Waals surface area contributed by atoms with Crippen LogP contribution in [-0.2, 0) is 0 Å². The number of aromatic nitrogens is 2. The summed E-state index contributed by atoms with van der Waals surface area (Å²) in [6.07, 6.45) is 3.52. The van der Waals surface area contributed by atoms with Gasteiger partial charge in [0.25, 0.3) is 0 Å².